The van der Waals surface area contributed by atoms with Crippen molar-refractivity contribution in [2.24, 2.45) is 5.92 Å². The van der Waals surface area contributed by atoms with E-state index in [1.807, 2.05) is 0 Å². The zero-order chi connectivity index (χ0) is 14.1. The highest BCUT2D eigenvalue weighted by molar-refractivity contribution is 7.09. The Morgan fingerprint density at radius 1 is 1.45 bits per heavy atom. The molecule has 1 aromatic heterocycles. The van der Waals surface area contributed by atoms with Crippen molar-refractivity contribution in [3.05, 3.63) is 16.1 Å². The SMILES string of the molecule is O=C(O)C1CCN(C(=O)NCc2nc(C3CC3)cs2)C1. The molecule has 6 nitrogen and oxygen atoms in total. The Morgan fingerprint density at radius 3 is 2.90 bits per heavy atom. The Morgan fingerprint density at radius 2 is 2.25 bits per heavy atom. The molecule has 3 rings (SSSR count). The van der Waals surface area contributed by atoms with Crippen LogP contribution in [-0.2, 0) is 11.3 Å². The van der Waals surface area contributed by atoms with E-state index in [2.05, 4.69) is 15.7 Å². The summed E-state index contributed by atoms with van der Waals surface area (Å²) in [4.78, 5) is 28.9. The summed E-state index contributed by atoms with van der Waals surface area (Å²) in [6.07, 6.45) is 2.98. The largest absolute Gasteiger partial charge is 0.481 e. The number of amides is 2. The van der Waals surface area contributed by atoms with Crippen molar-refractivity contribution in [1.82, 2.24) is 15.2 Å². The molecule has 1 aromatic rings. The van der Waals surface area contributed by atoms with Crippen molar-refractivity contribution < 1.29 is 14.7 Å². The molecule has 0 spiro atoms. The summed E-state index contributed by atoms with van der Waals surface area (Å²) in [5.74, 6) is -0.623. The Balaban J connectivity index is 1.48. The van der Waals surface area contributed by atoms with Crippen LogP contribution >= 0.6 is 11.3 Å². The van der Waals surface area contributed by atoms with Crippen LogP contribution in [-0.4, -0.2) is 40.1 Å². The summed E-state index contributed by atoms with van der Waals surface area (Å²) in [6, 6.07) is -0.197. The maximum atomic E-state index is 11.9. The van der Waals surface area contributed by atoms with Gasteiger partial charge in [-0.15, -0.1) is 11.3 Å². The standard InChI is InChI=1S/C13H17N3O3S/c17-12(18)9-3-4-16(6-9)13(19)14-5-11-15-10(7-20-11)8-1-2-8/h7-9H,1-6H2,(H,14,19)(H,17,18). The number of carboxylic acids is 1. The normalized spacial score (nSPS) is 22.0. The number of rotatable bonds is 4. The van der Waals surface area contributed by atoms with Gasteiger partial charge in [-0.1, -0.05) is 0 Å². The van der Waals surface area contributed by atoms with Crippen LogP contribution in [0.15, 0.2) is 5.38 Å². The van der Waals surface area contributed by atoms with Crippen LogP contribution in [0.4, 0.5) is 4.79 Å². The second kappa shape index (κ2) is 5.40. The van der Waals surface area contributed by atoms with Gasteiger partial charge in [0, 0.05) is 24.4 Å². The van der Waals surface area contributed by atoms with Crippen LogP contribution in [0.25, 0.3) is 0 Å². The van der Waals surface area contributed by atoms with E-state index in [0.717, 1.165) is 10.7 Å². The highest BCUT2D eigenvalue weighted by Crippen LogP contribution is 2.40. The first-order valence-corrected chi connectivity index (χ1v) is 7.71. The van der Waals surface area contributed by atoms with Gasteiger partial charge in [-0.2, -0.15) is 0 Å². The zero-order valence-electron chi connectivity index (χ0n) is 11.0. The smallest absolute Gasteiger partial charge is 0.317 e. The highest BCUT2D eigenvalue weighted by atomic mass is 32.1. The maximum absolute atomic E-state index is 11.9. The van der Waals surface area contributed by atoms with E-state index in [0.29, 0.717) is 32.0 Å². The predicted molar refractivity (Wildman–Crippen MR) is 73.6 cm³/mol. The molecule has 1 aliphatic carbocycles. The zero-order valence-corrected chi connectivity index (χ0v) is 11.9. The van der Waals surface area contributed by atoms with E-state index in [-0.39, 0.29) is 6.03 Å². The average molecular weight is 295 g/mol. The van der Waals surface area contributed by atoms with E-state index in [4.69, 9.17) is 5.11 Å². The van der Waals surface area contributed by atoms with Crippen molar-refractivity contribution in [3.63, 3.8) is 0 Å². The van der Waals surface area contributed by atoms with Gasteiger partial charge in [-0.3, -0.25) is 4.79 Å². The van der Waals surface area contributed by atoms with Gasteiger partial charge in [0.05, 0.1) is 18.2 Å². The highest BCUT2D eigenvalue weighted by Gasteiger charge is 2.31. The van der Waals surface area contributed by atoms with Crippen molar-refractivity contribution in [2.75, 3.05) is 13.1 Å². The second-order valence-corrected chi connectivity index (χ2v) is 6.31. The molecule has 1 saturated heterocycles. The summed E-state index contributed by atoms with van der Waals surface area (Å²) in [5.41, 5.74) is 1.14. The van der Waals surface area contributed by atoms with Crippen LogP contribution < -0.4 is 5.32 Å². The molecule has 7 heteroatoms. The summed E-state index contributed by atoms with van der Waals surface area (Å²) >= 11 is 1.57. The van der Waals surface area contributed by atoms with Gasteiger partial charge < -0.3 is 15.3 Å². The van der Waals surface area contributed by atoms with Crippen molar-refractivity contribution >= 4 is 23.3 Å². The first-order valence-electron chi connectivity index (χ1n) is 6.83. The van der Waals surface area contributed by atoms with Crippen molar-refractivity contribution in [1.29, 1.82) is 0 Å². The fraction of sp³-hybridized carbons (Fsp3) is 0.615. The molecule has 2 heterocycles. The Hall–Kier alpha value is -1.63. The first-order chi connectivity index (χ1) is 9.63. The fourth-order valence-corrected chi connectivity index (χ4v) is 3.20. The van der Waals surface area contributed by atoms with Crippen LogP contribution in [0.3, 0.4) is 0 Å². The quantitative estimate of drug-likeness (QED) is 0.884. The van der Waals surface area contributed by atoms with Crippen molar-refractivity contribution in [3.8, 4) is 0 Å². The lowest BCUT2D eigenvalue weighted by atomic mass is 10.1. The van der Waals surface area contributed by atoms with Gasteiger partial charge in [0.25, 0.3) is 0 Å². The van der Waals surface area contributed by atoms with Gasteiger partial charge in [-0.05, 0) is 19.3 Å². The third kappa shape index (κ3) is 2.92. The number of carbonyl (C=O) groups is 2. The number of carbonyl (C=O) groups excluding carboxylic acids is 1. The van der Waals surface area contributed by atoms with Crippen LogP contribution in [0, 0.1) is 5.92 Å². The Labute approximate surface area is 120 Å². The number of thiazole rings is 1. The van der Waals surface area contributed by atoms with Crippen LogP contribution in [0.2, 0.25) is 0 Å². The minimum Gasteiger partial charge on any atom is -0.481 e. The maximum Gasteiger partial charge on any atom is 0.317 e. The number of likely N-dealkylation sites (tertiary alicyclic amines) is 1. The van der Waals surface area contributed by atoms with E-state index in [9.17, 15) is 9.59 Å². The molecule has 2 N–H and O–H groups in total. The molecule has 2 fully saturated rings. The number of carboxylic acid groups (broad SMARTS) is 1. The van der Waals surface area contributed by atoms with Gasteiger partial charge in [0.15, 0.2) is 0 Å². The monoisotopic (exact) mass is 295 g/mol. The number of nitrogens with one attached hydrogen (secondary N) is 1. The molecule has 0 bridgehead atoms. The lowest BCUT2D eigenvalue weighted by Gasteiger charge is -2.16. The molecule has 1 aliphatic heterocycles. The molecule has 1 atom stereocenters. The lowest BCUT2D eigenvalue weighted by molar-refractivity contribution is -0.141. The number of hydrogen-bond acceptors (Lipinski definition) is 4. The molecule has 1 unspecified atom stereocenters. The number of nitrogens with zero attached hydrogens (tertiary/aromatic N) is 2. The van der Waals surface area contributed by atoms with Gasteiger partial charge in [0.2, 0.25) is 0 Å². The van der Waals surface area contributed by atoms with Crippen LogP contribution in [0.5, 0.6) is 0 Å². The van der Waals surface area contributed by atoms with Gasteiger partial charge >= 0.3 is 12.0 Å². The summed E-state index contributed by atoms with van der Waals surface area (Å²) < 4.78 is 0. The van der Waals surface area contributed by atoms with Crippen LogP contribution in [0.1, 0.15) is 35.9 Å². The molecule has 108 valence electrons. The number of hydrogen-bond donors (Lipinski definition) is 2. The molecular formula is C13H17N3O3S. The molecule has 2 aliphatic rings. The molecule has 20 heavy (non-hydrogen) atoms. The Kier molecular flexibility index (Phi) is 3.60. The third-order valence-corrected chi connectivity index (χ3v) is 4.65. The summed E-state index contributed by atoms with van der Waals surface area (Å²) in [6.45, 7) is 1.23. The van der Waals surface area contributed by atoms with E-state index < -0.39 is 11.9 Å². The summed E-state index contributed by atoms with van der Waals surface area (Å²) in [5, 5.41) is 14.7. The Bertz CT molecular complexity index is 527. The van der Waals surface area contributed by atoms with Crippen molar-refractivity contribution in [2.45, 2.75) is 31.7 Å². The number of aliphatic carboxylic acids is 1. The third-order valence-electron chi connectivity index (χ3n) is 3.78. The number of urea groups is 1. The predicted octanol–water partition coefficient (Wildman–Crippen LogP) is 1.64. The molecular weight excluding hydrogens is 278 g/mol. The molecule has 0 radical (unpaired) electrons. The second-order valence-electron chi connectivity index (χ2n) is 5.37. The minimum atomic E-state index is -0.825. The van der Waals surface area contributed by atoms with E-state index >= 15 is 0 Å². The van der Waals surface area contributed by atoms with E-state index in [1.54, 1.807) is 16.2 Å². The minimum absolute atomic E-state index is 0.197. The van der Waals surface area contributed by atoms with E-state index in [1.165, 1.54) is 12.8 Å². The lowest BCUT2D eigenvalue weighted by Crippen LogP contribution is -2.38. The molecule has 0 aromatic carbocycles. The van der Waals surface area contributed by atoms with Gasteiger partial charge in [-0.25, -0.2) is 9.78 Å². The topological polar surface area (TPSA) is 82.5 Å². The first kappa shape index (κ1) is 13.4. The number of aromatic nitrogens is 1. The van der Waals surface area contributed by atoms with Gasteiger partial charge in [0.1, 0.15) is 5.01 Å². The average Bonchev–Trinajstić information content (AvgIpc) is 2.98. The summed E-state index contributed by atoms with van der Waals surface area (Å²) in [7, 11) is 0. The molecule has 1 saturated carbocycles. The molecule has 2 amide bonds. The fourth-order valence-electron chi connectivity index (χ4n) is 2.38.